The van der Waals surface area contributed by atoms with Crippen molar-refractivity contribution in [3.05, 3.63) is 0 Å². The topological polar surface area (TPSA) is 69.6 Å². The average molecular weight is 328 g/mol. The van der Waals surface area contributed by atoms with Crippen molar-refractivity contribution in [3.8, 4) is 0 Å². The lowest BCUT2D eigenvalue weighted by Crippen LogP contribution is -2.49. The first kappa shape index (κ1) is 17.9. The predicted molar refractivity (Wildman–Crippen MR) is 73.3 cm³/mol. The maximum atomic E-state index is 13.0. The molecule has 9 heteroatoms. The Labute approximate surface area is 125 Å². The number of carboxylic acid groups (broad SMARTS) is 1. The number of thioether (sulfide) groups is 1. The molecule has 1 rings (SSSR count). The van der Waals surface area contributed by atoms with Crippen LogP contribution in [-0.2, 0) is 4.79 Å². The largest absolute Gasteiger partial charge is 0.481 e. The first-order valence-electron chi connectivity index (χ1n) is 6.33. The van der Waals surface area contributed by atoms with Crippen molar-refractivity contribution < 1.29 is 27.9 Å². The molecule has 122 valence electrons. The van der Waals surface area contributed by atoms with Crippen LogP contribution in [0.1, 0.15) is 20.3 Å². The van der Waals surface area contributed by atoms with Gasteiger partial charge in [0, 0.05) is 24.4 Å². The molecule has 0 aromatic rings. The fourth-order valence-electron chi connectivity index (χ4n) is 1.98. The number of amides is 2. The maximum Gasteiger partial charge on any atom is 0.406 e. The number of urea groups is 1. The molecule has 0 saturated carbocycles. The molecule has 0 radical (unpaired) electrons. The molecule has 0 spiro atoms. The molecule has 1 unspecified atom stereocenters. The lowest BCUT2D eigenvalue weighted by molar-refractivity contribution is -0.226. The van der Waals surface area contributed by atoms with Gasteiger partial charge in [-0.2, -0.15) is 24.9 Å². The highest BCUT2D eigenvalue weighted by Gasteiger charge is 2.64. The third-order valence-electron chi connectivity index (χ3n) is 3.73. The van der Waals surface area contributed by atoms with Gasteiger partial charge in [-0.25, -0.2) is 4.79 Å². The zero-order valence-electron chi connectivity index (χ0n) is 12.1. The zero-order chi connectivity index (χ0) is 16.5. The molecule has 2 amide bonds. The number of alkyl halides is 3. The SMILES string of the molecule is CSC(C)(C)CNC(=O)N1CCC(C(=O)O)(C(F)(F)F)C1. The molecule has 1 saturated heterocycles. The quantitative estimate of drug-likeness (QED) is 0.830. The van der Waals surface area contributed by atoms with Gasteiger partial charge in [0.15, 0.2) is 5.41 Å². The van der Waals surface area contributed by atoms with Crippen LogP contribution < -0.4 is 5.32 Å². The fourth-order valence-corrected chi connectivity index (χ4v) is 2.20. The number of aliphatic carboxylic acids is 1. The normalized spacial score (nSPS) is 23.2. The summed E-state index contributed by atoms with van der Waals surface area (Å²) in [6.07, 6.45) is -3.64. The molecule has 2 N–H and O–H groups in total. The third kappa shape index (κ3) is 3.75. The molecule has 0 aromatic heterocycles. The first-order valence-corrected chi connectivity index (χ1v) is 7.56. The zero-order valence-corrected chi connectivity index (χ0v) is 12.9. The van der Waals surface area contributed by atoms with E-state index in [0.29, 0.717) is 0 Å². The smallest absolute Gasteiger partial charge is 0.406 e. The molecule has 1 aliphatic rings. The number of rotatable bonds is 4. The minimum absolute atomic E-state index is 0.225. The molecule has 0 aromatic carbocycles. The number of nitrogens with zero attached hydrogens (tertiary/aromatic N) is 1. The molecule has 1 heterocycles. The van der Waals surface area contributed by atoms with Crippen molar-refractivity contribution in [3.63, 3.8) is 0 Å². The van der Waals surface area contributed by atoms with Gasteiger partial charge in [0.1, 0.15) is 0 Å². The molecule has 21 heavy (non-hydrogen) atoms. The van der Waals surface area contributed by atoms with Crippen LogP contribution in [0.5, 0.6) is 0 Å². The van der Waals surface area contributed by atoms with Crippen molar-refractivity contribution in [2.45, 2.75) is 31.2 Å². The van der Waals surface area contributed by atoms with Gasteiger partial charge in [-0.15, -0.1) is 0 Å². The van der Waals surface area contributed by atoms with Crippen molar-refractivity contribution in [2.24, 2.45) is 5.41 Å². The standard InChI is InChI=1S/C12H19F3N2O3S/c1-10(2,21-3)6-16-9(20)17-5-4-11(7-17,8(18)19)12(13,14)15/h4-7H2,1-3H3,(H,16,20)(H,18,19). The van der Waals surface area contributed by atoms with E-state index in [0.717, 1.165) is 4.90 Å². The van der Waals surface area contributed by atoms with E-state index in [9.17, 15) is 22.8 Å². The van der Waals surface area contributed by atoms with Gasteiger partial charge in [0.05, 0.1) is 0 Å². The van der Waals surface area contributed by atoms with E-state index in [1.165, 1.54) is 11.8 Å². The van der Waals surface area contributed by atoms with Crippen LogP contribution in [0.25, 0.3) is 0 Å². The van der Waals surface area contributed by atoms with Crippen LogP contribution in [0.3, 0.4) is 0 Å². The minimum Gasteiger partial charge on any atom is -0.481 e. The number of hydrogen-bond acceptors (Lipinski definition) is 3. The second kappa shape index (κ2) is 5.94. The Morgan fingerprint density at radius 2 is 1.95 bits per heavy atom. The monoisotopic (exact) mass is 328 g/mol. The number of carbonyl (C=O) groups excluding carboxylic acids is 1. The highest BCUT2D eigenvalue weighted by molar-refractivity contribution is 7.99. The molecule has 1 fully saturated rings. The fraction of sp³-hybridized carbons (Fsp3) is 0.833. The Bertz CT molecular complexity index is 428. The van der Waals surface area contributed by atoms with Gasteiger partial charge in [-0.05, 0) is 26.5 Å². The number of likely N-dealkylation sites (tertiary alicyclic amines) is 1. The molecular formula is C12H19F3N2O3S. The molecule has 5 nitrogen and oxygen atoms in total. The lowest BCUT2D eigenvalue weighted by Gasteiger charge is -2.28. The summed E-state index contributed by atoms with van der Waals surface area (Å²) in [5.41, 5.74) is -2.86. The number of carboxylic acids is 1. The highest BCUT2D eigenvalue weighted by Crippen LogP contribution is 2.45. The average Bonchev–Trinajstić information content (AvgIpc) is 2.82. The van der Waals surface area contributed by atoms with Gasteiger partial charge >= 0.3 is 18.2 Å². The van der Waals surface area contributed by atoms with Gasteiger partial charge in [0.25, 0.3) is 0 Å². The maximum absolute atomic E-state index is 13.0. The number of halogens is 3. The summed E-state index contributed by atoms with van der Waals surface area (Å²) in [5.74, 6) is -1.94. The third-order valence-corrected chi connectivity index (χ3v) is 4.98. The van der Waals surface area contributed by atoms with Gasteiger partial charge in [-0.3, -0.25) is 4.79 Å². The van der Waals surface area contributed by atoms with Crippen molar-refractivity contribution in [1.29, 1.82) is 0 Å². The summed E-state index contributed by atoms with van der Waals surface area (Å²) in [6, 6.07) is -0.662. The Hall–Kier alpha value is -1.12. The molecule has 1 aliphatic heterocycles. The Morgan fingerprint density at radius 1 is 1.38 bits per heavy atom. The molecule has 0 aliphatic carbocycles. The van der Waals surface area contributed by atoms with Crippen LogP contribution in [-0.4, -0.2) is 58.8 Å². The van der Waals surface area contributed by atoms with E-state index in [4.69, 9.17) is 5.11 Å². The predicted octanol–water partition coefficient (Wildman–Crippen LogP) is 2.18. The first-order chi connectivity index (χ1) is 9.45. The highest BCUT2D eigenvalue weighted by atomic mass is 32.2. The minimum atomic E-state index is -4.88. The van der Waals surface area contributed by atoms with Crippen LogP contribution >= 0.6 is 11.8 Å². The van der Waals surface area contributed by atoms with Crippen molar-refractivity contribution in [1.82, 2.24) is 10.2 Å². The summed E-state index contributed by atoms with van der Waals surface area (Å²) < 4.78 is 38.7. The van der Waals surface area contributed by atoms with E-state index in [-0.39, 0.29) is 17.8 Å². The summed E-state index contributed by atoms with van der Waals surface area (Å²) in [5, 5.41) is 11.5. The molecular weight excluding hydrogens is 309 g/mol. The van der Waals surface area contributed by atoms with Crippen LogP contribution in [0.4, 0.5) is 18.0 Å². The van der Waals surface area contributed by atoms with E-state index in [1.807, 2.05) is 20.1 Å². The Morgan fingerprint density at radius 3 is 2.33 bits per heavy atom. The number of nitrogens with one attached hydrogen (secondary N) is 1. The second-order valence-electron chi connectivity index (χ2n) is 5.68. The number of carbonyl (C=O) groups is 2. The summed E-state index contributed by atoms with van der Waals surface area (Å²) in [6.45, 7) is 2.99. The van der Waals surface area contributed by atoms with Crippen LogP contribution in [0.15, 0.2) is 0 Å². The van der Waals surface area contributed by atoms with Crippen LogP contribution in [0, 0.1) is 5.41 Å². The van der Waals surface area contributed by atoms with Gasteiger partial charge < -0.3 is 15.3 Å². The van der Waals surface area contributed by atoms with Crippen molar-refractivity contribution in [2.75, 3.05) is 25.9 Å². The van der Waals surface area contributed by atoms with Crippen molar-refractivity contribution >= 4 is 23.8 Å². The summed E-state index contributed by atoms with van der Waals surface area (Å²) in [4.78, 5) is 23.8. The number of hydrogen-bond donors (Lipinski definition) is 2. The van der Waals surface area contributed by atoms with Crippen LogP contribution in [0.2, 0.25) is 0 Å². The summed E-state index contributed by atoms with van der Waals surface area (Å²) in [7, 11) is 0. The Balaban J connectivity index is 2.73. The van der Waals surface area contributed by atoms with E-state index in [2.05, 4.69) is 5.32 Å². The van der Waals surface area contributed by atoms with Gasteiger partial charge in [-0.1, -0.05) is 0 Å². The molecule has 0 bridgehead atoms. The van der Waals surface area contributed by atoms with E-state index >= 15 is 0 Å². The van der Waals surface area contributed by atoms with E-state index in [1.54, 1.807) is 0 Å². The molecule has 1 atom stereocenters. The van der Waals surface area contributed by atoms with Gasteiger partial charge in [0.2, 0.25) is 0 Å². The second-order valence-corrected chi connectivity index (χ2v) is 7.19. The lowest BCUT2D eigenvalue weighted by atomic mass is 9.86. The Kier molecular flexibility index (Phi) is 5.07. The van der Waals surface area contributed by atoms with E-state index < -0.39 is 36.6 Å². The summed E-state index contributed by atoms with van der Waals surface area (Å²) >= 11 is 1.51.